The summed E-state index contributed by atoms with van der Waals surface area (Å²) < 4.78 is 14.5. The monoisotopic (exact) mass is 595 g/mol. The van der Waals surface area contributed by atoms with Gasteiger partial charge in [0.1, 0.15) is 11.5 Å². The number of ether oxygens (including phenoxy) is 2. The summed E-state index contributed by atoms with van der Waals surface area (Å²) in [5.74, 6) is 2.72. The average molecular weight is 596 g/mol. The number of nitrogens with one attached hydrogen (secondary N) is 1. The number of aryl methyl sites for hydroxylation is 3. The highest BCUT2D eigenvalue weighted by Gasteiger charge is 2.20. The van der Waals surface area contributed by atoms with E-state index in [0.717, 1.165) is 74.1 Å². The predicted molar refractivity (Wildman–Crippen MR) is 179 cm³/mol. The molecule has 1 amide bonds. The van der Waals surface area contributed by atoms with Gasteiger partial charge in [-0.3, -0.25) is 4.79 Å². The zero-order valence-electron chi connectivity index (χ0n) is 26.8. The van der Waals surface area contributed by atoms with E-state index < -0.39 is 0 Å². The second-order valence-electron chi connectivity index (χ2n) is 12.5. The molecule has 6 heteroatoms. The summed E-state index contributed by atoms with van der Waals surface area (Å²) in [4.78, 5) is 15.4. The molecule has 1 saturated heterocycles. The summed E-state index contributed by atoms with van der Waals surface area (Å²) in [5, 5.41) is 4.29. The lowest BCUT2D eigenvalue weighted by atomic mass is 9.94. The van der Waals surface area contributed by atoms with Crippen molar-refractivity contribution in [2.45, 2.75) is 78.5 Å². The van der Waals surface area contributed by atoms with Gasteiger partial charge in [0.25, 0.3) is 0 Å². The Morgan fingerprint density at radius 2 is 1.77 bits per heavy atom. The molecule has 44 heavy (non-hydrogen) atoms. The average Bonchev–Trinajstić information content (AvgIpc) is 3.38. The minimum Gasteiger partial charge on any atom is -0.494 e. The van der Waals surface area contributed by atoms with E-state index >= 15 is 0 Å². The number of carbonyl (C=O) groups excluding carboxylic acids is 1. The number of benzene rings is 3. The summed E-state index contributed by atoms with van der Waals surface area (Å²) in [6.07, 6.45) is 8.22. The van der Waals surface area contributed by atoms with Crippen LogP contribution in [0.15, 0.2) is 79.0 Å². The number of hydrogen-bond acceptors (Lipinski definition) is 4. The topological polar surface area (TPSA) is 55.7 Å². The summed E-state index contributed by atoms with van der Waals surface area (Å²) in [7, 11) is 0. The first-order valence-electron chi connectivity index (χ1n) is 16.4. The predicted octanol–water partition coefficient (Wildman–Crippen LogP) is 7.56. The number of hydrogen-bond donors (Lipinski definition) is 1. The number of rotatable bonds is 15. The molecule has 0 bridgehead atoms. The molecule has 0 aliphatic carbocycles. The van der Waals surface area contributed by atoms with Gasteiger partial charge in [0.05, 0.1) is 18.2 Å². The fourth-order valence-electron chi connectivity index (χ4n) is 6.31. The van der Waals surface area contributed by atoms with Gasteiger partial charge in [-0.1, -0.05) is 60.2 Å². The molecule has 1 N–H and O–H groups in total. The highest BCUT2D eigenvalue weighted by atomic mass is 16.5. The van der Waals surface area contributed by atoms with Gasteiger partial charge < -0.3 is 24.3 Å². The molecular weight excluding hydrogens is 546 g/mol. The fraction of sp³-hybridized carbons (Fsp3) is 0.447. The summed E-state index contributed by atoms with van der Waals surface area (Å²) >= 11 is 0. The molecule has 4 aromatic rings. The maximum absolute atomic E-state index is 12.8. The van der Waals surface area contributed by atoms with Crippen molar-refractivity contribution in [1.82, 2.24) is 14.8 Å². The molecular formula is C38H49N3O3. The molecule has 0 saturated carbocycles. The summed E-state index contributed by atoms with van der Waals surface area (Å²) in [5.41, 5.74) is 4.69. The highest BCUT2D eigenvalue weighted by Crippen LogP contribution is 2.32. The largest absolute Gasteiger partial charge is 0.494 e. The van der Waals surface area contributed by atoms with Gasteiger partial charge in [0.2, 0.25) is 5.91 Å². The Balaban J connectivity index is 1.13. The van der Waals surface area contributed by atoms with E-state index in [1.165, 1.54) is 29.4 Å². The molecule has 0 unspecified atom stereocenters. The molecule has 1 aliphatic rings. The molecule has 3 aromatic carbocycles. The van der Waals surface area contributed by atoms with Gasteiger partial charge in [0.15, 0.2) is 0 Å². The van der Waals surface area contributed by atoms with E-state index in [9.17, 15) is 4.79 Å². The van der Waals surface area contributed by atoms with Gasteiger partial charge >= 0.3 is 0 Å². The van der Waals surface area contributed by atoms with Crippen LogP contribution >= 0.6 is 0 Å². The lowest BCUT2D eigenvalue weighted by Gasteiger charge is -2.32. The second-order valence-corrected chi connectivity index (χ2v) is 12.5. The van der Waals surface area contributed by atoms with E-state index in [2.05, 4.69) is 78.2 Å². The lowest BCUT2D eigenvalue weighted by Crippen LogP contribution is -2.35. The van der Waals surface area contributed by atoms with E-state index in [1.54, 1.807) is 0 Å². The number of carbonyl (C=O) groups is 1. The van der Waals surface area contributed by atoms with Crippen molar-refractivity contribution in [3.8, 4) is 11.5 Å². The SMILES string of the molecule is Cc1cccc(CNC(=O)CCc2cn(CCCN3CCC(CCOc4ccccc4)CC3)c3c(OC(C)C)cccc23)c1. The second kappa shape index (κ2) is 15.8. The zero-order chi connectivity index (χ0) is 30.7. The number of aromatic nitrogens is 1. The Labute approximate surface area is 263 Å². The van der Waals surface area contributed by atoms with Crippen molar-refractivity contribution in [2.75, 3.05) is 26.2 Å². The van der Waals surface area contributed by atoms with Crippen LogP contribution in [0.5, 0.6) is 11.5 Å². The van der Waals surface area contributed by atoms with Crippen LogP contribution in [0.4, 0.5) is 0 Å². The molecule has 0 atom stereocenters. The summed E-state index contributed by atoms with van der Waals surface area (Å²) in [6.45, 7) is 11.9. The standard InChI is InChI=1S/C38H49N3O3/c1-29(2)44-36-15-8-14-35-33(16-17-37(42)39-27-32-11-7-10-30(3)26-32)28-41(38(35)36)22-9-21-40-23-18-31(19-24-40)20-25-43-34-12-5-4-6-13-34/h4-8,10-15,26,28-29,31H,9,16-25,27H2,1-3H3,(H,39,42). The third-order valence-electron chi connectivity index (χ3n) is 8.62. The Morgan fingerprint density at radius 3 is 2.55 bits per heavy atom. The smallest absolute Gasteiger partial charge is 0.220 e. The fourth-order valence-corrected chi connectivity index (χ4v) is 6.31. The van der Waals surface area contributed by atoms with Crippen LogP contribution in [0.2, 0.25) is 0 Å². The van der Waals surface area contributed by atoms with Gasteiger partial charge in [-0.2, -0.15) is 0 Å². The van der Waals surface area contributed by atoms with Crippen LogP contribution in [0.1, 0.15) is 62.6 Å². The lowest BCUT2D eigenvalue weighted by molar-refractivity contribution is -0.121. The van der Waals surface area contributed by atoms with Crippen molar-refractivity contribution in [2.24, 2.45) is 5.92 Å². The highest BCUT2D eigenvalue weighted by molar-refractivity contribution is 5.89. The number of nitrogens with zero attached hydrogens (tertiary/aromatic N) is 2. The van der Waals surface area contributed by atoms with Crippen molar-refractivity contribution in [3.05, 3.63) is 95.7 Å². The minimum atomic E-state index is 0.0806. The molecule has 1 aliphatic heterocycles. The third kappa shape index (κ3) is 9.12. The zero-order valence-corrected chi connectivity index (χ0v) is 26.8. The van der Waals surface area contributed by atoms with Gasteiger partial charge in [-0.25, -0.2) is 0 Å². The van der Waals surface area contributed by atoms with Crippen molar-refractivity contribution in [3.63, 3.8) is 0 Å². The van der Waals surface area contributed by atoms with Crippen molar-refractivity contribution in [1.29, 1.82) is 0 Å². The van der Waals surface area contributed by atoms with Crippen LogP contribution in [-0.4, -0.2) is 47.7 Å². The van der Waals surface area contributed by atoms with Gasteiger partial charge in [-0.05, 0) is 108 Å². The van der Waals surface area contributed by atoms with Crippen LogP contribution in [0.3, 0.4) is 0 Å². The van der Waals surface area contributed by atoms with Crippen molar-refractivity contribution >= 4 is 16.8 Å². The number of para-hydroxylation sites is 2. The molecule has 6 nitrogen and oxygen atoms in total. The van der Waals surface area contributed by atoms with Crippen LogP contribution in [0, 0.1) is 12.8 Å². The third-order valence-corrected chi connectivity index (χ3v) is 8.62. The van der Waals surface area contributed by atoms with E-state index in [-0.39, 0.29) is 12.0 Å². The quantitative estimate of drug-likeness (QED) is 0.154. The molecule has 1 fully saturated rings. The van der Waals surface area contributed by atoms with Gasteiger partial charge in [0, 0.05) is 31.1 Å². The first kappa shape index (κ1) is 31.6. The Kier molecular flexibility index (Phi) is 11.4. The minimum absolute atomic E-state index is 0.0806. The molecule has 234 valence electrons. The first-order chi connectivity index (χ1) is 21.4. The Hall–Kier alpha value is -3.77. The molecule has 1 aromatic heterocycles. The van der Waals surface area contributed by atoms with Gasteiger partial charge in [-0.15, -0.1) is 0 Å². The molecule has 2 heterocycles. The van der Waals surface area contributed by atoms with E-state index in [0.29, 0.717) is 19.4 Å². The number of amides is 1. The number of likely N-dealkylation sites (tertiary alicyclic amines) is 1. The molecule has 0 radical (unpaired) electrons. The van der Waals surface area contributed by atoms with Crippen LogP contribution < -0.4 is 14.8 Å². The maximum atomic E-state index is 12.8. The van der Waals surface area contributed by atoms with E-state index in [1.807, 2.05) is 36.4 Å². The van der Waals surface area contributed by atoms with Crippen molar-refractivity contribution < 1.29 is 14.3 Å². The first-order valence-corrected chi connectivity index (χ1v) is 16.4. The molecule has 0 spiro atoms. The van der Waals surface area contributed by atoms with Crippen LogP contribution in [-0.2, 0) is 24.3 Å². The normalized spacial score (nSPS) is 14.3. The van der Waals surface area contributed by atoms with E-state index in [4.69, 9.17) is 9.47 Å². The van der Waals surface area contributed by atoms with Crippen LogP contribution in [0.25, 0.3) is 10.9 Å². The Bertz CT molecular complexity index is 1470. The Morgan fingerprint density at radius 1 is 0.977 bits per heavy atom. The maximum Gasteiger partial charge on any atom is 0.220 e. The molecule has 5 rings (SSSR count). The summed E-state index contributed by atoms with van der Waals surface area (Å²) in [6, 6.07) is 24.7. The number of piperidine rings is 1. The number of fused-ring (bicyclic) bond motifs is 1.